The zero-order valence-electron chi connectivity index (χ0n) is 17.6. The van der Waals surface area contributed by atoms with Crippen LogP contribution in [0.2, 0.25) is 0 Å². The van der Waals surface area contributed by atoms with Crippen LogP contribution in [0, 0.1) is 5.82 Å². The maximum atomic E-state index is 14.4. The third-order valence-corrected chi connectivity index (χ3v) is 6.16. The van der Waals surface area contributed by atoms with Gasteiger partial charge in [-0.05, 0) is 37.1 Å². The molecule has 7 heteroatoms. The van der Waals surface area contributed by atoms with E-state index in [0.29, 0.717) is 17.7 Å². The fourth-order valence-electron chi connectivity index (χ4n) is 4.57. The maximum Gasteiger partial charge on any atom is 0.229 e. The van der Waals surface area contributed by atoms with Gasteiger partial charge in [0.25, 0.3) is 0 Å². The summed E-state index contributed by atoms with van der Waals surface area (Å²) in [6, 6.07) is 17.1. The number of aromatic nitrogens is 2. The summed E-state index contributed by atoms with van der Waals surface area (Å²) in [4.78, 5) is 13.9. The van der Waals surface area contributed by atoms with Crippen molar-refractivity contribution in [3.8, 4) is 0 Å². The van der Waals surface area contributed by atoms with Gasteiger partial charge in [0, 0.05) is 18.8 Å². The number of hydrogen-bond donors (Lipinski definition) is 2. The third kappa shape index (κ3) is 3.87. The predicted molar refractivity (Wildman–Crippen MR) is 123 cm³/mol. The van der Waals surface area contributed by atoms with Crippen LogP contribution in [0.1, 0.15) is 32.1 Å². The average molecular weight is 419 g/mol. The van der Waals surface area contributed by atoms with Crippen molar-refractivity contribution in [2.45, 2.75) is 44.4 Å². The van der Waals surface area contributed by atoms with Crippen LogP contribution in [0.5, 0.6) is 0 Å². The number of benzene rings is 2. The molecule has 0 saturated heterocycles. The SMILES string of the molecule is CN1c2cnc(Nc3ccccc3)nc2N(C2CCCCC2)C1Nc1ccccc1F. The Bertz CT molecular complexity index is 1040. The van der Waals surface area contributed by atoms with E-state index in [1.54, 1.807) is 12.1 Å². The molecule has 160 valence electrons. The first kappa shape index (κ1) is 19.6. The standard InChI is InChI=1S/C24H27FN6/c1-30-21-16-26-23(27-17-10-4-2-5-11-17)29-22(21)31(18-12-6-3-7-13-18)24(30)28-20-15-9-8-14-19(20)25/h2,4-5,8-11,14-16,18,24,28H,3,6-7,12-13H2,1H3,(H,26,27,29). The molecule has 0 bridgehead atoms. The summed E-state index contributed by atoms with van der Waals surface area (Å²) in [5, 5.41) is 6.71. The molecular weight excluding hydrogens is 391 g/mol. The highest BCUT2D eigenvalue weighted by Crippen LogP contribution is 2.41. The van der Waals surface area contributed by atoms with Crippen molar-refractivity contribution >= 4 is 28.8 Å². The van der Waals surface area contributed by atoms with Crippen molar-refractivity contribution in [2.24, 2.45) is 0 Å². The van der Waals surface area contributed by atoms with Gasteiger partial charge in [-0.1, -0.05) is 49.6 Å². The average Bonchev–Trinajstić information content (AvgIpc) is 3.07. The van der Waals surface area contributed by atoms with E-state index in [4.69, 9.17) is 4.98 Å². The minimum absolute atomic E-state index is 0.226. The summed E-state index contributed by atoms with van der Waals surface area (Å²) in [6.45, 7) is 0. The third-order valence-electron chi connectivity index (χ3n) is 6.16. The maximum absolute atomic E-state index is 14.4. The molecule has 0 amide bonds. The van der Waals surface area contributed by atoms with Crippen LogP contribution in [-0.2, 0) is 0 Å². The van der Waals surface area contributed by atoms with Crippen LogP contribution in [0.15, 0.2) is 60.8 Å². The number of anilines is 5. The Balaban J connectivity index is 1.50. The predicted octanol–water partition coefficient (Wildman–Crippen LogP) is 5.34. The Morgan fingerprint density at radius 1 is 0.968 bits per heavy atom. The molecule has 2 heterocycles. The lowest BCUT2D eigenvalue weighted by Crippen LogP contribution is -2.52. The van der Waals surface area contributed by atoms with Gasteiger partial charge in [-0.2, -0.15) is 4.98 Å². The number of para-hydroxylation sites is 2. The highest BCUT2D eigenvalue weighted by atomic mass is 19.1. The quantitative estimate of drug-likeness (QED) is 0.583. The number of rotatable bonds is 5. The molecule has 1 saturated carbocycles. The van der Waals surface area contributed by atoms with Crippen LogP contribution >= 0.6 is 0 Å². The molecule has 1 aliphatic carbocycles. The Kier molecular flexibility index (Phi) is 5.32. The lowest BCUT2D eigenvalue weighted by atomic mass is 9.94. The minimum Gasteiger partial charge on any atom is -0.346 e. The van der Waals surface area contributed by atoms with Crippen molar-refractivity contribution in [3.05, 3.63) is 66.6 Å². The monoisotopic (exact) mass is 418 g/mol. The first-order chi connectivity index (χ1) is 15.2. The van der Waals surface area contributed by atoms with Crippen molar-refractivity contribution in [2.75, 3.05) is 27.5 Å². The molecule has 1 fully saturated rings. The van der Waals surface area contributed by atoms with Gasteiger partial charge in [-0.25, -0.2) is 9.37 Å². The molecule has 1 aliphatic heterocycles. The Hall–Kier alpha value is -3.35. The number of nitrogens with one attached hydrogen (secondary N) is 2. The molecule has 1 aromatic heterocycles. The van der Waals surface area contributed by atoms with E-state index in [0.717, 1.165) is 30.0 Å². The van der Waals surface area contributed by atoms with Crippen molar-refractivity contribution in [1.82, 2.24) is 9.97 Å². The fraction of sp³-hybridized carbons (Fsp3) is 0.333. The van der Waals surface area contributed by atoms with Crippen LogP contribution in [0.3, 0.4) is 0 Å². The van der Waals surface area contributed by atoms with E-state index in [2.05, 4.69) is 25.4 Å². The minimum atomic E-state index is -0.257. The summed E-state index contributed by atoms with van der Waals surface area (Å²) in [5.41, 5.74) is 2.38. The second-order valence-corrected chi connectivity index (χ2v) is 8.20. The van der Waals surface area contributed by atoms with Gasteiger partial charge in [0.2, 0.25) is 5.95 Å². The molecule has 1 unspecified atom stereocenters. The van der Waals surface area contributed by atoms with Crippen molar-refractivity contribution in [3.63, 3.8) is 0 Å². The highest BCUT2D eigenvalue weighted by Gasteiger charge is 2.40. The lowest BCUT2D eigenvalue weighted by Gasteiger charge is -2.38. The molecule has 1 atom stereocenters. The lowest BCUT2D eigenvalue weighted by molar-refractivity contribution is 0.399. The van der Waals surface area contributed by atoms with Crippen LogP contribution in [-0.4, -0.2) is 29.3 Å². The molecule has 2 aliphatic rings. The summed E-state index contributed by atoms with van der Waals surface area (Å²) < 4.78 is 14.4. The smallest absolute Gasteiger partial charge is 0.229 e. The van der Waals surface area contributed by atoms with Crippen LogP contribution in [0.25, 0.3) is 0 Å². The second kappa shape index (κ2) is 8.41. The molecule has 0 radical (unpaired) electrons. The van der Waals surface area contributed by atoms with E-state index >= 15 is 0 Å². The Morgan fingerprint density at radius 2 is 1.71 bits per heavy atom. The number of fused-ring (bicyclic) bond motifs is 1. The van der Waals surface area contributed by atoms with Crippen LogP contribution < -0.4 is 20.4 Å². The first-order valence-corrected chi connectivity index (χ1v) is 10.9. The van der Waals surface area contributed by atoms with Gasteiger partial charge < -0.3 is 20.4 Å². The normalized spacial score (nSPS) is 18.7. The van der Waals surface area contributed by atoms with Gasteiger partial charge in [-0.3, -0.25) is 0 Å². The van der Waals surface area contributed by atoms with E-state index in [9.17, 15) is 4.39 Å². The number of hydrogen-bond acceptors (Lipinski definition) is 6. The second-order valence-electron chi connectivity index (χ2n) is 8.20. The van der Waals surface area contributed by atoms with Gasteiger partial charge >= 0.3 is 0 Å². The zero-order chi connectivity index (χ0) is 21.2. The fourth-order valence-corrected chi connectivity index (χ4v) is 4.57. The number of halogens is 1. The molecule has 0 spiro atoms. The molecule has 2 N–H and O–H groups in total. The molecular formula is C24H27FN6. The molecule has 31 heavy (non-hydrogen) atoms. The number of nitrogens with zero attached hydrogens (tertiary/aromatic N) is 4. The molecule has 6 nitrogen and oxygen atoms in total. The summed E-state index contributed by atoms with van der Waals surface area (Å²) >= 11 is 0. The Morgan fingerprint density at radius 3 is 2.48 bits per heavy atom. The first-order valence-electron chi connectivity index (χ1n) is 10.9. The van der Waals surface area contributed by atoms with E-state index in [1.165, 1.54) is 25.3 Å². The van der Waals surface area contributed by atoms with E-state index in [1.807, 2.05) is 49.6 Å². The summed E-state index contributed by atoms with van der Waals surface area (Å²) in [7, 11) is 2.01. The van der Waals surface area contributed by atoms with Crippen molar-refractivity contribution < 1.29 is 4.39 Å². The molecule has 3 aromatic rings. The summed E-state index contributed by atoms with van der Waals surface area (Å²) in [6.07, 6.45) is 7.51. The zero-order valence-corrected chi connectivity index (χ0v) is 17.6. The topological polar surface area (TPSA) is 56.3 Å². The van der Waals surface area contributed by atoms with Crippen molar-refractivity contribution in [1.29, 1.82) is 0 Å². The van der Waals surface area contributed by atoms with Gasteiger partial charge in [0.1, 0.15) is 11.5 Å². The van der Waals surface area contributed by atoms with E-state index in [-0.39, 0.29) is 12.1 Å². The largest absolute Gasteiger partial charge is 0.346 e. The highest BCUT2D eigenvalue weighted by molar-refractivity contribution is 5.76. The van der Waals surface area contributed by atoms with Crippen LogP contribution in [0.4, 0.5) is 33.2 Å². The van der Waals surface area contributed by atoms with Gasteiger partial charge in [0.05, 0.1) is 11.9 Å². The van der Waals surface area contributed by atoms with Gasteiger partial charge in [0.15, 0.2) is 12.1 Å². The molecule has 5 rings (SSSR count). The van der Waals surface area contributed by atoms with Gasteiger partial charge in [-0.15, -0.1) is 0 Å². The molecule has 2 aromatic carbocycles. The van der Waals surface area contributed by atoms with E-state index < -0.39 is 0 Å². The summed E-state index contributed by atoms with van der Waals surface area (Å²) in [5.74, 6) is 1.19. The Labute approximate surface area is 182 Å².